The van der Waals surface area contributed by atoms with Gasteiger partial charge in [-0.15, -0.1) is 0 Å². The zero-order chi connectivity index (χ0) is 24.1. The summed E-state index contributed by atoms with van der Waals surface area (Å²) in [5.41, 5.74) is -0.801. The number of benzene rings is 1. The minimum Gasteiger partial charge on any atom is -0.394 e. The second-order valence-corrected chi connectivity index (χ2v) is 8.56. The smallest absolute Gasteiger partial charge is 0.292 e. The van der Waals surface area contributed by atoms with E-state index in [4.69, 9.17) is 0 Å². The van der Waals surface area contributed by atoms with Crippen LogP contribution >= 0.6 is 0 Å². The Morgan fingerprint density at radius 3 is 2.45 bits per heavy atom. The van der Waals surface area contributed by atoms with Gasteiger partial charge in [0, 0.05) is 36.8 Å². The molecule has 11 heteroatoms. The molecule has 1 saturated carbocycles. The monoisotopic (exact) mass is 467 g/mol. The number of halogens is 4. The molecule has 1 aliphatic carbocycles. The first-order valence-corrected chi connectivity index (χ1v) is 10.3. The number of amides is 2. The summed E-state index contributed by atoms with van der Waals surface area (Å²) in [6.07, 6.45) is -0.527. The van der Waals surface area contributed by atoms with Crippen molar-refractivity contribution in [2.45, 2.75) is 50.6 Å². The number of rotatable bonds is 6. The maximum absolute atomic E-state index is 13.5. The van der Waals surface area contributed by atoms with Gasteiger partial charge in [-0.1, -0.05) is 0 Å². The number of ketones is 1. The van der Waals surface area contributed by atoms with Crippen LogP contribution in [0.15, 0.2) is 18.2 Å². The van der Waals surface area contributed by atoms with Crippen molar-refractivity contribution in [3.8, 4) is 0 Å². The fourth-order valence-electron chi connectivity index (χ4n) is 4.67. The van der Waals surface area contributed by atoms with Gasteiger partial charge in [-0.25, -0.2) is 17.6 Å². The predicted octanol–water partition coefficient (Wildman–Crippen LogP) is 2.73. The van der Waals surface area contributed by atoms with E-state index in [1.165, 1.54) is 13.0 Å². The van der Waals surface area contributed by atoms with Crippen LogP contribution in [0.2, 0.25) is 0 Å². The summed E-state index contributed by atoms with van der Waals surface area (Å²) in [5, 5.41) is 14.2. The van der Waals surface area contributed by atoms with Gasteiger partial charge < -0.3 is 20.3 Å². The molecule has 7 nitrogen and oxygen atoms in total. The molecule has 1 fully saturated rings. The van der Waals surface area contributed by atoms with E-state index in [1.807, 2.05) is 0 Å². The minimum atomic E-state index is -3.03. The van der Waals surface area contributed by atoms with Crippen molar-refractivity contribution in [2.75, 3.05) is 11.9 Å². The fourth-order valence-corrected chi connectivity index (χ4v) is 4.67. The lowest BCUT2D eigenvalue weighted by molar-refractivity contribution is -0.154. The van der Waals surface area contributed by atoms with Gasteiger partial charge in [0.2, 0.25) is 0 Å². The number of anilines is 1. The van der Waals surface area contributed by atoms with E-state index in [1.54, 1.807) is 4.57 Å². The van der Waals surface area contributed by atoms with E-state index >= 15 is 0 Å². The molecular formula is C22H21F4N3O4. The standard InChI is InChI=1S/C22H21F4N3O4/c1-11-16(18(31)20(33)28-21(10-30)8-22(25,26)9-21)15-3-2-6-29(15)17(11)19(32)27-12-4-5-13(23)14(24)7-12/h4-5,7,30H,2-3,6,8-10H2,1H3,(H,27,32)(H,28,33). The highest BCUT2D eigenvalue weighted by molar-refractivity contribution is 6.44. The minimum absolute atomic E-state index is 0.000361. The summed E-state index contributed by atoms with van der Waals surface area (Å²) in [6, 6.07) is 2.86. The van der Waals surface area contributed by atoms with Crippen molar-refractivity contribution < 1.29 is 37.1 Å². The normalized spacial score (nSPS) is 17.8. The Hall–Kier alpha value is -3.21. The van der Waals surface area contributed by atoms with Crippen LogP contribution in [0.25, 0.3) is 0 Å². The number of hydrogen-bond acceptors (Lipinski definition) is 4. The molecule has 0 atom stereocenters. The van der Waals surface area contributed by atoms with E-state index in [9.17, 15) is 37.1 Å². The highest BCUT2D eigenvalue weighted by atomic mass is 19.3. The van der Waals surface area contributed by atoms with Crippen LogP contribution in [-0.4, -0.2) is 45.3 Å². The number of alkyl halides is 2. The first-order valence-electron chi connectivity index (χ1n) is 10.3. The summed E-state index contributed by atoms with van der Waals surface area (Å²) >= 11 is 0. The van der Waals surface area contributed by atoms with Crippen LogP contribution < -0.4 is 10.6 Å². The molecule has 2 heterocycles. The summed E-state index contributed by atoms with van der Waals surface area (Å²) in [5.74, 6) is -8.05. The molecule has 2 aliphatic rings. The number of Topliss-reactive ketones (excluding diaryl/α,β-unsaturated/α-hetero) is 1. The van der Waals surface area contributed by atoms with Gasteiger partial charge in [-0.3, -0.25) is 14.4 Å². The molecule has 4 rings (SSSR count). The second-order valence-electron chi connectivity index (χ2n) is 8.56. The summed E-state index contributed by atoms with van der Waals surface area (Å²) in [7, 11) is 0. The van der Waals surface area contributed by atoms with Gasteiger partial charge in [0.05, 0.1) is 17.7 Å². The van der Waals surface area contributed by atoms with Crippen molar-refractivity contribution in [1.82, 2.24) is 9.88 Å². The summed E-state index contributed by atoms with van der Waals surface area (Å²) in [6.45, 7) is 1.14. The molecule has 0 bridgehead atoms. The topological polar surface area (TPSA) is 100 Å². The van der Waals surface area contributed by atoms with Gasteiger partial charge in [0.25, 0.3) is 23.5 Å². The molecule has 0 unspecified atom stereocenters. The Labute approximate surface area is 185 Å². The highest BCUT2D eigenvalue weighted by Crippen LogP contribution is 2.45. The molecule has 33 heavy (non-hydrogen) atoms. The van der Waals surface area contributed by atoms with E-state index in [0.717, 1.165) is 12.1 Å². The Morgan fingerprint density at radius 2 is 1.85 bits per heavy atom. The first kappa shape index (κ1) is 23.0. The Bertz CT molecular complexity index is 1170. The third-order valence-corrected chi connectivity index (χ3v) is 6.11. The third-order valence-electron chi connectivity index (χ3n) is 6.11. The van der Waals surface area contributed by atoms with Gasteiger partial charge in [0.1, 0.15) is 5.69 Å². The zero-order valence-electron chi connectivity index (χ0n) is 17.6. The van der Waals surface area contributed by atoms with Crippen LogP contribution in [0.5, 0.6) is 0 Å². The molecule has 2 aromatic rings. The SMILES string of the molecule is Cc1c(C(=O)C(=O)NC2(CO)CC(F)(F)C2)c2n(c1C(=O)Nc1ccc(F)c(F)c1)CCC2. The number of carbonyl (C=O) groups is 3. The van der Waals surface area contributed by atoms with Gasteiger partial charge in [-0.2, -0.15) is 0 Å². The van der Waals surface area contributed by atoms with Crippen molar-refractivity contribution in [1.29, 1.82) is 0 Å². The zero-order valence-corrected chi connectivity index (χ0v) is 17.6. The van der Waals surface area contributed by atoms with E-state index < -0.39 is 60.1 Å². The summed E-state index contributed by atoms with van der Waals surface area (Å²) in [4.78, 5) is 38.5. The maximum atomic E-state index is 13.5. The third kappa shape index (κ3) is 4.01. The van der Waals surface area contributed by atoms with Crippen molar-refractivity contribution in [3.05, 3.63) is 52.3 Å². The molecule has 1 aromatic carbocycles. The van der Waals surface area contributed by atoms with E-state index in [0.29, 0.717) is 25.1 Å². The Kier molecular flexibility index (Phi) is 5.55. The van der Waals surface area contributed by atoms with Crippen molar-refractivity contribution >= 4 is 23.3 Å². The number of nitrogens with zero attached hydrogens (tertiary/aromatic N) is 1. The van der Waals surface area contributed by atoms with Gasteiger partial charge >= 0.3 is 0 Å². The maximum Gasteiger partial charge on any atom is 0.292 e. The number of aliphatic hydroxyl groups excluding tert-OH is 1. The summed E-state index contributed by atoms with van der Waals surface area (Å²) < 4.78 is 54.9. The first-order chi connectivity index (χ1) is 15.5. The quantitative estimate of drug-likeness (QED) is 0.346. The lowest BCUT2D eigenvalue weighted by atomic mass is 9.73. The van der Waals surface area contributed by atoms with Crippen LogP contribution in [-0.2, 0) is 17.8 Å². The van der Waals surface area contributed by atoms with Crippen LogP contribution in [0.4, 0.5) is 23.2 Å². The molecule has 1 aliphatic heterocycles. The highest BCUT2D eigenvalue weighted by Gasteiger charge is 2.57. The number of fused-ring (bicyclic) bond motifs is 1. The second kappa shape index (κ2) is 7.98. The largest absolute Gasteiger partial charge is 0.394 e. The average molecular weight is 467 g/mol. The lowest BCUT2D eigenvalue weighted by Crippen LogP contribution is -2.65. The molecule has 0 radical (unpaired) electrons. The molecule has 0 spiro atoms. The van der Waals surface area contributed by atoms with Crippen LogP contribution in [0.1, 0.15) is 51.4 Å². The van der Waals surface area contributed by atoms with Crippen LogP contribution in [0.3, 0.4) is 0 Å². The average Bonchev–Trinajstić information content (AvgIpc) is 3.27. The number of aromatic nitrogens is 1. The molecule has 176 valence electrons. The van der Waals surface area contributed by atoms with Gasteiger partial charge in [-0.05, 0) is 37.5 Å². The number of aliphatic hydroxyl groups is 1. The molecule has 1 aromatic heterocycles. The van der Waals surface area contributed by atoms with Crippen molar-refractivity contribution in [2.24, 2.45) is 0 Å². The van der Waals surface area contributed by atoms with Gasteiger partial charge in [0.15, 0.2) is 11.6 Å². The molecule has 2 amide bonds. The van der Waals surface area contributed by atoms with Crippen LogP contribution in [0, 0.1) is 18.6 Å². The van der Waals surface area contributed by atoms with E-state index in [-0.39, 0.29) is 22.5 Å². The predicted molar refractivity (Wildman–Crippen MR) is 108 cm³/mol. The number of hydrogen-bond donors (Lipinski definition) is 3. The fraction of sp³-hybridized carbons (Fsp3) is 0.409. The molecule has 3 N–H and O–H groups in total. The molecular weight excluding hydrogens is 446 g/mol. The Morgan fingerprint density at radius 1 is 1.15 bits per heavy atom. The molecule has 0 saturated heterocycles. The number of nitrogens with one attached hydrogen (secondary N) is 2. The van der Waals surface area contributed by atoms with Crippen molar-refractivity contribution in [3.63, 3.8) is 0 Å². The van der Waals surface area contributed by atoms with E-state index in [2.05, 4.69) is 10.6 Å². The Balaban J connectivity index is 1.60. The lowest BCUT2D eigenvalue weighted by Gasteiger charge is -2.46. The number of carbonyl (C=O) groups excluding carboxylic acids is 3.